The smallest absolute Gasteiger partial charge is 0.204 e. The van der Waals surface area contributed by atoms with Crippen molar-refractivity contribution >= 4 is 9.84 Å². The highest BCUT2D eigenvalue weighted by Gasteiger charge is 2.33. The molecule has 0 saturated heterocycles. The number of furan rings is 1. The predicted octanol–water partition coefficient (Wildman–Crippen LogP) is 3.89. The Labute approximate surface area is 208 Å². The number of halogens is 1. The lowest BCUT2D eigenvalue weighted by molar-refractivity contribution is 0.390. The number of para-hydroxylation sites is 1. The lowest BCUT2D eigenvalue weighted by atomic mass is 10.1. The number of nitrogens with zero attached hydrogens (tertiary/aromatic N) is 5. The number of aromatic nitrogens is 5. The van der Waals surface area contributed by atoms with Gasteiger partial charge < -0.3 is 13.9 Å². The zero-order valence-corrected chi connectivity index (χ0v) is 21.3. The average molecular weight is 516 g/mol. The lowest BCUT2D eigenvalue weighted by Gasteiger charge is -2.20. The first kappa shape index (κ1) is 25.3. The van der Waals surface area contributed by atoms with Crippen LogP contribution >= 0.6 is 0 Å². The summed E-state index contributed by atoms with van der Waals surface area (Å²) in [6.45, 7) is 5.04. The second-order valence-electron chi connectivity index (χ2n) is 8.26. The number of benzene rings is 1. The molecular weight excluding hydrogens is 489 g/mol. The summed E-state index contributed by atoms with van der Waals surface area (Å²) in [5, 5.41) is 7.58. The van der Waals surface area contributed by atoms with Gasteiger partial charge in [-0.15, -0.1) is 10.2 Å². The summed E-state index contributed by atoms with van der Waals surface area (Å²) in [7, 11) is -0.809. The maximum atomic E-state index is 13.5. The van der Waals surface area contributed by atoms with Crippen LogP contribution in [0.3, 0.4) is 0 Å². The molecular formula is C24H26FN5O5S. The Balaban J connectivity index is 1.81. The molecule has 190 valence electrons. The minimum Gasteiger partial charge on any atom is -0.494 e. The average Bonchev–Trinajstić information content (AvgIpc) is 3.48. The van der Waals surface area contributed by atoms with Gasteiger partial charge >= 0.3 is 0 Å². The van der Waals surface area contributed by atoms with Crippen molar-refractivity contribution in [1.82, 2.24) is 24.7 Å². The molecule has 2 atom stereocenters. The van der Waals surface area contributed by atoms with Crippen molar-refractivity contribution in [3.8, 4) is 28.8 Å². The van der Waals surface area contributed by atoms with Crippen molar-refractivity contribution in [2.75, 3.05) is 14.2 Å². The molecule has 36 heavy (non-hydrogen) atoms. The normalized spacial score (nSPS) is 13.4. The van der Waals surface area contributed by atoms with Gasteiger partial charge in [-0.25, -0.2) is 22.8 Å². The SMILES string of the molecule is COc1cccc(OC)c1-n1c(CS(=O)(=O)[C@@H](C)[C@@H](C)c2ncc(F)cn2)nnc1-c1ccc(C)o1. The third-order valence-corrected chi connectivity index (χ3v) is 8.17. The monoisotopic (exact) mass is 515 g/mol. The van der Waals surface area contributed by atoms with Gasteiger partial charge in [0.25, 0.3) is 0 Å². The van der Waals surface area contributed by atoms with Gasteiger partial charge in [-0.3, -0.25) is 4.57 Å². The Morgan fingerprint density at radius 1 is 1.03 bits per heavy atom. The highest BCUT2D eigenvalue weighted by Crippen LogP contribution is 2.37. The quantitative estimate of drug-likeness (QED) is 0.327. The Morgan fingerprint density at radius 2 is 1.67 bits per heavy atom. The first-order valence-corrected chi connectivity index (χ1v) is 12.8. The first-order chi connectivity index (χ1) is 17.2. The van der Waals surface area contributed by atoms with E-state index in [4.69, 9.17) is 13.9 Å². The van der Waals surface area contributed by atoms with E-state index in [2.05, 4.69) is 20.2 Å². The fourth-order valence-electron chi connectivity index (χ4n) is 3.80. The van der Waals surface area contributed by atoms with Crippen LogP contribution in [0.2, 0.25) is 0 Å². The zero-order valence-electron chi connectivity index (χ0n) is 20.5. The number of hydrogen-bond acceptors (Lipinski definition) is 9. The van der Waals surface area contributed by atoms with Gasteiger partial charge in [0.2, 0.25) is 5.82 Å². The molecule has 0 N–H and O–H groups in total. The molecule has 0 aliphatic rings. The Kier molecular flexibility index (Phi) is 7.07. The van der Waals surface area contributed by atoms with Crippen molar-refractivity contribution < 1.29 is 26.7 Å². The summed E-state index contributed by atoms with van der Waals surface area (Å²) in [5.41, 5.74) is 0.435. The molecule has 0 aliphatic heterocycles. The van der Waals surface area contributed by atoms with Gasteiger partial charge in [-0.1, -0.05) is 13.0 Å². The Morgan fingerprint density at radius 3 is 2.22 bits per heavy atom. The number of aryl methyl sites for hydroxylation is 1. The molecule has 3 aromatic heterocycles. The predicted molar refractivity (Wildman–Crippen MR) is 129 cm³/mol. The largest absolute Gasteiger partial charge is 0.494 e. The highest BCUT2D eigenvalue weighted by molar-refractivity contribution is 7.91. The molecule has 0 aliphatic carbocycles. The Hall–Kier alpha value is -3.80. The summed E-state index contributed by atoms with van der Waals surface area (Å²) >= 11 is 0. The molecule has 0 fully saturated rings. The number of rotatable bonds is 9. The third-order valence-electron chi connectivity index (χ3n) is 5.96. The molecule has 0 bridgehead atoms. The van der Waals surface area contributed by atoms with Gasteiger partial charge in [0.05, 0.1) is 31.9 Å². The van der Waals surface area contributed by atoms with E-state index in [9.17, 15) is 12.8 Å². The van der Waals surface area contributed by atoms with Crippen LogP contribution in [-0.4, -0.2) is 52.6 Å². The van der Waals surface area contributed by atoms with E-state index in [0.29, 0.717) is 34.5 Å². The summed E-state index contributed by atoms with van der Waals surface area (Å²) in [4.78, 5) is 7.89. The standard InChI is InChI=1S/C24H26FN5O5S/c1-14-9-10-20(35-14)24-29-28-21(30(24)22-18(33-4)7-6-8-19(22)34-5)13-36(31,32)16(3)15(2)23-26-11-17(25)12-27-23/h6-12,15-16H,13H2,1-5H3/t15-,16+/m1/s1. The van der Waals surface area contributed by atoms with Crippen molar-refractivity contribution in [2.45, 2.75) is 37.7 Å². The van der Waals surface area contributed by atoms with Crippen LogP contribution in [0.1, 0.15) is 37.2 Å². The van der Waals surface area contributed by atoms with Crippen LogP contribution < -0.4 is 9.47 Å². The zero-order chi connectivity index (χ0) is 26.0. The summed E-state index contributed by atoms with van der Waals surface area (Å²) in [5.74, 6) is 0.929. The van der Waals surface area contributed by atoms with Crippen molar-refractivity contribution in [3.05, 3.63) is 66.0 Å². The molecule has 10 nitrogen and oxygen atoms in total. The molecule has 0 saturated carbocycles. The van der Waals surface area contributed by atoms with Crippen LogP contribution in [0.15, 0.2) is 47.1 Å². The highest BCUT2D eigenvalue weighted by atomic mass is 32.2. The minimum atomic E-state index is -3.81. The summed E-state index contributed by atoms with van der Waals surface area (Å²) < 4.78 is 58.8. The molecule has 4 aromatic rings. The second kappa shape index (κ2) is 10.1. The number of methoxy groups -OCH3 is 2. The van der Waals surface area contributed by atoms with Crippen LogP contribution in [0.5, 0.6) is 11.5 Å². The minimum absolute atomic E-state index is 0.140. The number of ether oxygens (including phenoxy) is 2. The molecule has 12 heteroatoms. The molecule has 0 radical (unpaired) electrons. The summed E-state index contributed by atoms with van der Waals surface area (Å²) in [6.07, 6.45) is 2.03. The second-order valence-corrected chi connectivity index (χ2v) is 10.6. The fraction of sp³-hybridized carbons (Fsp3) is 0.333. The lowest BCUT2D eigenvalue weighted by Crippen LogP contribution is -2.27. The van der Waals surface area contributed by atoms with E-state index in [1.54, 1.807) is 55.7 Å². The van der Waals surface area contributed by atoms with Gasteiger partial charge in [-0.2, -0.15) is 0 Å². The number of sulfone groups is 1. The van der Waals surface area contributed by atoms with Crippen LogP contribution in [0.25, 0.3) is 17.3 Å². The van der Waals surface area contributed by atoms with Gasteiger partial charge in [-0.05, 0) is 38.1 Å². The van der Waals surface area contributed by atoms with E-state index in [0.717, 1.165) is 12.4 Å². The maximum Gasteiger partial charge on any atom is 0.204 e. The van der Waals surface area contributed by atoms with E-state index in [1.165, 1.54) is 14.2 Å². The van der Waals surface area contributed by atoms with Crippen LogP contribution in [-0.2, 0) is 15.6 Å². The molecule has 0 amide bonds. The van der Waals surface area contributed by atoms with Gasteiger partial charge in [0, 0.05) is 5.92 Å². The van der Waals surface area contributed by atoms with Crippen LogP contribution in [0.4, 0.5) is 4.39 Å². The maximum absolute atomic E-state index is 13.5. The van der Waals surface area contributed by atoms with E-state index in [1.807, 2.05) is 0 Å². The molecule has 4 rings (SSSR count). The first-order valence-electron chi connectivity index (χ1n) is 11.1. The van der Waals surface area contributed by atoms with E-state index in [-0.39, 0.29) is 11.6 Å². The van der Waals surface area contributed by atoms with E-state index < -0.39 is 32.6 Å². The molecule has 0 spiro atoms. The topological polar surface area (TPSA) is 122 Å². The van der Waals surface area contributed by atoms with Gasteiger partial charge in [0.15, 0.2) is 27.2 Å². The van der Waals surface area contributed by atoms with Crippen LogP contribution in [0, 0.1) is 12.7 Å². The fourth-order valence-corrected chi connectivity index (χ4v) is 5.35. The molecule has 1 aromatic carbocycles. The van der Waals surface area contributed by atoms with Crippen molar-refractivity contribution in [2.24, 2.45) is 0 Å². The van der Waals surface area contributed by atoms with E-state index >= 15 is 0 Å². The number of hydrogen-bond donors (Lipinski definition) is 0. The molecule has 0 unspecified atom stereocenters. The van der Waals surface area contributed by atoms with Crippen molar-refractivity contribution in [3.63, 3.8) is 0 Å². The van der Waals surface area contributed by atoms with Crippen molar-refractivity contribution in [1.29, 1.82) is 0 Å². The summed E-state index contributed by atoms with van der Waals surface area (Å²) in [6, 6.07) is 8.71. The Bertz CT molecular complexity index is 1440. The molecule has 3 heterocycles. The van der Waals surface area contributed by atoms with Gasteiger partial charge in [0.1, 0.15) is 34.5 Å². The third kappa shape index (κ3) is 4.81.